The monoisotopic (exact) mass is 183 g/mol. The largest absolute Gasteiger partial charge is 0.0654 e. The standard InChI is InChI=1S/C14H15/c1-2-3-7-12-9-6-10-13-8-4-5-11-14(12)13/h4-6,9-11H,2-3,7H2,1H3. The van der Waals surface area contributed by atoms with Crippen LogP contribution in [0.3, 0.4) is 0 Å². The van der Waals surface area contributed by atoms with Crippen LogP contribution in [0.25, 0.3) is 10.8 Å². The molecule has 0 unspecified atom stereocenters. The molecule has 0 aromatic heterocycles. The van der Waals surface area contributed by atoms with Gasteiger partial charge in [0.15, 0.2) is 0 Å². The summed E-state index contributed by atoms with van der Waals surface area (Å²) in [6.07, 6.45) is 3.71. The van der Waals surface area contributed by atoms with Crippen molar-refractivity contribution in [3.05, 3.63) is 48.0 Å². The summed E-state index contributed by atoms with van der Waals surface area (Å²) in [5.74, 6) is 0. The Morgan fingerprint density at radius 1 is 1.14 bits per heavy atom. The van der Waals surface area contributed by atoms with Gasteiger partial charge in [0.05, 0.1) is 0 Å². The van der Waals surface area contributed by atoms with E-state index in [4.69, 9.17) is 0 Å². The van der Waals surface area contributed by atoms with Gasteiger partial charge in [0.25, 0.3) is 0 Å². The normalized spacial score (nSPS) is 10.6. The van der Waals surface area contributed by atoms with E-state index in [1.54, 1.807) is 0 Å². The van der Waals surface area contributed by atoms with Gasteiger partial charge >= 0.3 is 0 Å². The van der Waals surface area contributed by atoms with Gasteiger partial charge in [-0.15, -0.1) is 0 Å². The number of aryl methyl sites for hydroxylation is 1. The number of rotatable bonds is 3. The maximum absolute atomic E-state index is 3.27. The summed E-state index contributed by atoms with van der Waals surface area (Å²) in [6, 6.07) is 16.0. The van der Waals surface area contributed by atoms with Crippen LogP contribution in [0.2, 0.25) is 0 Å². The Balaban J connectivity index is 2.43. The summed E-state index contributed by atoms with van der Waals surface area (Å²) in [7, 11) is 0. The maximum Gasteiger partial charge on any atom is -0.00991 e. The molecule has 0 aliphatic rings. The quantitative estimate of drug-likeness (QED) is 0.675. The number of hydrogen-bond acceptors (Lipinski definition) is 0. The summed E-state index contributed by atoms with van der Waals surface area (Å²) in [5.41, 5.74) is 1.46. The van der Waals surface area contributed by atoms with Crippen LogP contribution in [0.15, 0.2) is 36.4 Å². The minimum Gasteiger partial charge on any atom is -0.0654 e. The lowest BCUT2D eigenvalue weighted by molar-refractivity contribution is 0.799. The zero-order valence-electron chi connectivity index (χ0n) is 8.59. The molecule has 0 nitrogen and oxygen atoms in total. The number of unbranched alkanes of at least 4 members (excludes halogenated alkanes) is 1. The first-order chi connectivity index (χ1) is 6.92. The predicted molar refractivity (Wildman–Crippen MR) is 61.4 cm³/mol. The predicted octanol–water partition coefficient (Wildman–Crippen LogP) is 3.98. The molecule has 71 valence electrons. The molecule has 2 aromatic carbocycles. The van der Waals surface area contributed by atoms with E-state index in [0.717, 1.165) is 0 Å². The van der Waals surface area contributed by atoms with E-state index in [2.05, 4.69) is 43.3 Å². The highest BCUT2D eigenvalue weighted by molar-refractivity contribution is 5.85. The highest BCUT2D eigenvalue weighted by atomic mass is 14.0. The average molecular weight is 183 g/mol. The topological polar surface area (TPSA) is 0 Å². The second kappa shape index (κ2) is 4.28. The van der Waals surface area contributed by atoms with Crippen LogP contribution in [0.1, 0.15) is 25.3 Å². The molecule has 2 rings (SSSR count). The van der Waals surface area contributed by atoms with Crippen molar-refractivity contribution >= 4 is 10.8 Å². The van der Waals surface area contributed by atoms with Crippen molar-refractivity contribution in [2.45, 2.75) is 26.2 Å². The Bertz CT molecular complexity index is 410. The van der Waals surface area contributed by atoms with E-state index in [1.807, 2.05) is 6.07 Å². The second-order valence-corrected chi connectivity index (χ2v) is 3.65. The minimum atomic E-state index is 1.19. The molecule has 0 saturated heterocycles. The fourth-order valence-corrected chi connectivity index (χ4v) is 1.80. The zero-order chi connectivity index (χ0) is 9.80. The van der Waals surface area contributed by atoms with Crippen LogP contribution < -0.4 is 0 Å². The summed E-state index contributed by atoms with van der Waals surface area (Å²) in [6.45, 7) is 2.23. The third-order valence-corrected chi connectivity index (χ3v) is 2.59. The highest BCUT2D eigenvalue weighted by Crippen LogP contribution is 2.19. The molecule has 0 saturated carbocycles. The van der Waals surface area contributed by atoms with Gasteiger partial charge in [-0.2, -0.15) is 0 Å². The lowest BCUT2D eigenvalue weighted by Crippen LogP contribution is -1.86. The van der Waals surface area contributed by atoms with Gasteiger partial charge in [-0.3, -0.25) is 0 Å². The molecular weight excluding hydrogens is 168 g/mol. The van der Waals surface area contributed by atoms with Crippen LogP contribution in [-0.2, 0) is 6.42 Å². The molecule has 1 radical (unpaired) electrons. The van der Waals surface area contributed by atoms with Crippen LogP contribution in [0.5, 0.6) is 0 Å². The van der Waals surface area contributed by atoms with Crippen molar-refractivity contribution < 1.29 is 0 Å². The molecular formula is C14H15. The number of benzene rings is 2. The first kappa shape index (κ1) is 9.26. The molecule has 14 heavy (non-hydrogen) atoms. The summed E-state index contributed by atoms with van der Waals surface area (Å²) < 4.78 is 0. The number of fused-ring (bicyclic) bond motifs is 1. The third-order valence-electron chi connectivity index (χ3n) is 2.59. The van der Waals surface area contributed by atoms with Crippen LogP contribution >= 0.6 is 0 Å². The molecule has 2 aromatic rings. The SMILES string of the molecule is CCCCc1cccc2[c]cccc12. The highest BCUT2D eigenvalue weighted by Gasteiger charge is 1.98. The van der Waals surface area contributed by atoms with E-state index in [0.29, 0.717) is 0 Å². The molecule has 0 heteroatoms. The molecule has 0 bridgehead atoms. The van der Waals surface area contributed by atoms with Crippen LogP contribution in [0.4, 0.5) is 0 Å². The van der Waals surface area contributed by atoms with Crippen LogP contribution in [-0.4, -0.2) is 0 Å². The van der Waals surface area contributed by atoms with Crippen molar-refractivity contribution in [2.75, 3.05) is 0 Å². The van der Waals surface area contributed by atoms with E-state index >= 15 is 0 Å². The average Bonchev–Trinajstić information content (AvgIpc) is 2.26. The van der Waals surface area contributed by atoms with Crippen molar-refractivity contribution in [3.63, 3.8) is 0 Å². The smallest absolute Gasteiger partial charge is 0.00991 e. The Labute approximate surface area is 85.6 Å². The molecule has 0 heterocycles. The first-order valence-electron chi connectivity index (χ1n) is 5.30. The summed E-state index contributed by atoms with van der Waals surface area (Å²) in [5, 5.41) is 2.60. The Morgan fingerprint density at radius 2 is 2.07 bits per heavy atom. The molecule has 0 spiro atoms. The molecule has 0 fully saturated rings. The lowest BCUT2D eigenvalue weighted by Gasteiger charge is -2.04. The van der Waals surface area contributed by atoms with Crippen molar-refractivity contribution in [3.8, 4) is 0 Å². The molecule has 0 N–H and O–H groups in total. The molecule has 0 aliphatic heterocycles. The Kier molecular flexibility index (Phi) is 2.83. The van der Waals surface area contributed by atoms with Gasteiger partial charge in [-0.05, 0) is 35.2 Å². The second-order valence-electron chi connectivity index (χ2n) is 3.65. The summed E-state index contributed by atoms with van der Waals surface area (Å²) >= 11 is 0. The third kappa shape index (κ3) is 1.79. The molecule has 0 amide bonds. The maximum atomic E-state index is 3.27. The van der Waals surface area contributed by atoms with Gasteiger partial charge in [0.1, 0.15) is 0 Å². The zero-order valence-corrected chi connectivity index (χ0v) is 8.59. The summed E-state index contributed by atoms with van der Waals surface area (Å²) in [4.78, 5) is 0. The van der Waals surface area contributed by atoms with Gasteiger partial charge in [0, 0.05) is 0 Å². The van der Waals surface area contributed by atoms with Gasteiger partial charge in [-0.25, -0.2) is 0 Å². The van der Waals surface area contributed by atoms with E-state index < -0.39 is 0 Å². The van der Waals surface area contributed by atoms with E-state index in [1.165, 1.54) is 35.6 Å². The molecule has 0 aliphatic carbocycles. The van der Waals surface area contributed by atoms with Gasteiger partial charge < -0.3 is 0 Å². The fraction of sp³-hybridized carbons (Fsp3) is 0.286. The van der Waals surface area contributed by atoms with Crippen molar-refractivity contribution in [1.29, 1.82) is 0 Å². The van der Waals surface area contributed by atoms with Gasteiger partial charge in [0.2, 0.25) is 0 Å². The lowest BCUT2D eigenvalue weighted by atomic mass is 10.0. The van der Waals surface area contributed by atoms with Gasteiger partial charge in [-0.1, -0.05) is 49.7 Å². The molecule has 0 atom stereocenters. The van der Waals surface area contributed by atoms with Crippen molar-refractivity contribution in [2.24, 2.45) is 0 Å². The Morgan fingerprint density at radius 3 is 2.93 bits per heavy atom. The Hall–Kier alpha value is -1.30. The van der Waals surface area contributed by atoms with E-state index in [-0.39, 0.29) is 0 Å². The first-order valence-corrected chi connectivity index (χ1v) is 5.30. The number of hydrogen-bond donors (Lipinski definition) is 0. The minimum absolute atomic E-state index is 1.19. The van der Waals surface area contributed by atoms with Crippen LogP contribution in [0, 0.1) is 6.07 Å². The van der Waals surface area contributed by atoms with Crippen molar-refractivity contribution in [1.82, 2.24) is 0 Å². The van der Waals surface area contributed by atoms with E-state index in [9.17, 15) is 0 Å². The fourth-order valence-electron chi connectivity index (χ4n) is 1.80.